The quantitative estimate of drug-likeness (QED) is 0.742. The lowest BCUT2D eigenvalue weighted by molar-refractivity contribution is -0.110. The number of carbonyl (C=O) groups is 1. The molecule has 0 N–H and O–H groups in total. The van der Waals surface area contributed by atoms with E-state index in [2.05, 4.69) is 0 Å². The van der Waals surface area contributed by atoms with Gasteiger partial charge in [0.15, 0.2) is 5.78 Å². The topological polar surface area (TPSA) is 17.1 Å². The number of hydrogen-bond donors (Lipinski definition) is 0. The molecule has 0 spiro atoms. The highest BCUT2D eigenvalue weighted by Crippen LogP contribution is 2.23. The van der Waals surface area contributed by atoms with Gasteiger partial charge < -0.3 is 0 Å². The molecule has 0 atom stereocenters. The van der Waals surface area contributed by atoms with Gasteiger partial charge in [-0.2, -0.15) is 0 Å². The highest BCUT2D eigenvalue weighted by molar-refractivity contribution is 8.21. The fourth-order valence-corrected chi connectivity index (χ4v) is 2.38. The summed E-state index contributed by atoms with van der Waals surface area (Å²) in [5, 5.41) is 0.695. The Balaban J connectivity index is 2.68. The molecular weight excluding hydrogens is 272 g/mol. The zero-order chi connectivity index (χ0) is 12.7. The third kappa shape index (κ3) is 5.48. The number of carbonyl (C=O) groups excluding carboxylic acids is 1. The minimum atomic E-state index is -0.00125. The van der Waals surface area contributed by atoms with Crippen molar-refractivity contribution in [3.8, 4) is 0 Å². The lowest BCUT2D eigenvalue weighted by Gasteiger charge is -1.96. The summed E-state index contributed by atoms with van der Waals surface area (Å²) in [5.41, 5.74) is 0.964. The lowest BCUT2D eigenvalue weighted by atomic mass is 10.2. The standard InChI is InChI=1S/C13H13ClOS2/c1-16-13(17-2)9-12(15)8-5-10-3-6-11(14)7-4-10/h3-9H,1-2H3/b8-5+. The number of thioether (sulfide) groups is 2. The van der Waals surface area contributed by atoms with Crippen molar-refractivity contribution in [2.45, 2.75) is 0 Å². The van der Waals surface area contributed by atoms with E-state index in [4.69, 9.17) is 11.6 Å². The molecule has 0 bridgehead atoms. The van der Waals surface area contributed by atoms with Gasteiger partial charge in [-0.25, -0.2) is 0 Å². The zero-order valence-electron chi connectivity index (χ0n) is 9.64. The Labute approximate surface area is 115 Å². The van der Waals surface area contributed by atoms with E-state index in [1.807, 2.05) is 24.6 Å². The van der Waals surface area contributed by atoms with Gasteiger partial charge in [0.1, 0.15) is 0 Å². The zero-order valence-corrected chi connectivity index (χ0v) is 12.0. The molecule has 0 fully saturated rings. The highest BCUT2D eigenvalue weighted by atomic mass is 35.5. The molecular formula is C13H13ClOS2. The molecule has 0 heterocycles. The minimum absolute atomic E-state index is 0.00125. The molecule has 90 valence electrons. The Bertz CT molecular complexity index is 429. The maximum absolute atomic E-state index is 11.6. The molecule has 17 heavy (non-hydrogen) atoms. The Morgan fingerprint density at radius 2 is 1.76 bits per heavy atom. The predicted octanol–water partition coefficient (Wildman–Crippen LogP) is 4.49. The largest absolute Gasteiger partial charge is 0.290 e. The van der Waals surface area contributed by atoms with Gasteiger partial charge in [0.25, 0.3) is 0 Å². The first-order chi connectivity index (χ1) is 8.15. The fourth-order valence-electron chi connectivity index (χ4n) is 1.12. The van der Waals surface area contributed by atoms with Crippen molar-refractivity contribution in [2.24, 2.45) is 0 Å². The summed E-state index contributed by atoms with van der Waals surface area (Å²) in [6.45, 7) is 0. The van der Waals surface area contributed by atoms with Crippen molar-refractivity contribution in [3.63, 3.8) is 0 Å². The first kappa shape index (κ1) is 14.4. The maximum atomic E-state index is 11.6. The molecule has 0 aliphatic carbocycles. The SMILES string of the molecule is CSC(=CC(=O)/C=C/c1ccc(Cl)cc1)SC. The number of allylic oxidation sites excluding steroid dienone is 2. The highest BCUT2D eigenvalue weighted by Gasteiger charge is 1.96. The second-order valence-electron chi connectivity index (χ2n) is 3.16. The van der Waals surface area contributed by atoms with E-state index in [-0.39, 0.29) is 5.78 Å². The molecule has 4 heteroatoms. The number of rotatable bonds is 5. The van der Waals surface area contributed by atoms with Crippen molar-refractivity contribution in [2.75, 3.05) is 12.5 Å². The van der Waals surface area contributed by atoms with E-state index >= 15 is 0 Å². The summed E-state index contributed by atoms with van der Waals surface area (Å²) in [6, 6.07) is 7.35. The van der Waals surface area contributed by atoms with Crippen LogP contribution in [0.15, 0.2) is 40.7 Å². The predicted molar refractivity (Wildman–Crippen MR) is 80.6 cm³/mol. The van der Waals surface area contributed by atoms with Crippen molar-refractivity contribution >= 4 is 47.0 Å². The summed E-state index contributed by atoms with van der Waals surface area (Å²) in [6.07, 6.45) is 8.90. The van der Waals surface area contributed by atoms with Gasteiger partial charge in [-0.3, -0.25) is 4.79 Å². The van der Waals surface area contributed by atoms with Crippen LogP contribution in [-0.4, -0.2) is 18.3 Å². The third-order valence-electron chi connectivity index (χ3n) is 1.97. The van der Waals surface area contributed by atoms with Gasteiger partial charge in [0, 0.05) is 15.3 Å². The first-order valence-electron chi connectivity index (χ1n) is 4.93. The smallest absolute Gasteiger partial charge is 0.180 e. The molecule has 0 amide bonds. The van der Waals surface area contributed by atoms with E-state index in [0.717, 1.165) is 9.80 Å². The van der Waals surface area contributed by atoms with Crippen LogP contribution in [0.3, 0.4) is 0 Å². The van der Waals surface area contributed by atoms with Crippen LogP contribution in [-0.2, 0) is 4.79 Å². The molecule has 0 aliphatic rings. The van der Waals surface area contributed by atoms with Gasteiger partial charge >= 0.3 is 0 Å². The summed E-state index contributed by atoms with van der Waals surface area (Å²) in [7, 11) is 0. The Hall–Kier alpha value is -0.640. The summed E-state index contributed by atoms with van der Waals surface area (Å²) in [4.78, 5) is 11.6. The van der Waals surface area contributed by atoms with Crippen LogP contribution in [0.25, 0.3) is 6.08 Å². The lowest BCUT2D eigenvalue weighted by Crippen LogP contribution is -1.86. The average Bonchev–Trinajstić information content (AvgIpc) is 2.35. The van der Waals surface area contributed by atoms with Gasteiger partial charge in [0.05, 0.1) is 0 Å². The second kappa shape index (κ2) is 7.64. The second-order valence-corrected chi connectivity index (χ2v) is 5.55. The summed E-state index contributed by atoms with van der Waals surface area (Å²) >= 11 is 8.92. The van der Waals surface area contributed by atoms with Crippen LogP contribution in [0, 0.1) is 0 Å². The first-order valence-corrected chi connectivity index (χ1v) is 7.75. The molecule has 0 aliphatic heterocycles. The van der Waals surface area contributed by atoms with Crippen LogP contribution in [0.2, 0.25) is 5.02 Å². The molecule has 0 radical (unpaired) electrons. The molecule has 0 unspecified atom stereocenters. The van der Waals surface area contributed by atoms with Crippen molar-refractivity contribution in [1.82, 2.24) is 0 Å². The van der Waals surface area contributed by atoms with Gasteiger partial charge in [0.2, 0.25) is 0 Å². The molecule has 1 aromatic carbocycles. The van der Waals surface area contributed by atoms with Crippen molar-refractivity contribution in [1.29, 1.82) is 0 Å². The van der Waals surface area contributed by atoms with Gasteiger partial charge in [-0.1, -0.05) is 29.8 Å². The number of ketones is 1. The fraction of sp³-hybridized carbons (Fsp3) is 0.154. The molecule has 1 aromatic rings. The van der Waals surface area contributed by atoms with Crippen molar-refractivity contribution in [3.05, 3.63) is 51.2 Å². The maximum Gasteiger partial charge on any atom is 0.180 e. The van der Waals surface area contributed by atoms with Crippen LogP contribution in [0.5, 0.6) is 0 Å². The summed E-state index contributed by atoms with van der Waals surface area (Å²) < 4.78 is 1.01. The van der Waals surface area contributed by atoms with E-state index in [0.29, 0.717) is 5.02 Å². The van der Waals surface area contributed by atoms with E-state index in [9.17, 15) is 4.79 Å². The van der Waals surface area contributed by atoms with Crippen LogP contribution in [0.1, 0.15) is 5.56 Å². The summed E-state index contributed by atoms with van der Waals surface area (Å²) in [5.74, 6) is -0.00125. The van der Waals surface area contributed by atoms with E-state index in [1.54, 1.807) is 53.9 Å². The molecule has 0 saturated heterocycles. The number of benzene rings is 1. The molecule has 1 rings (SSSR count). The van der Waals surface area contributed by atoms with Crippen LogP contribution in [0.4, 0.5) is 0 Å². The Morgan fingerprint density at radius 1 is 1.18 bits per heavy atom. The van der Waals surface area contributed by atoms with Crippen LogP contribution >= 0.6 is 35.1 Å². The number of hydrogen-bond acceptors (Lipinski definition) is 3. The number of halogens is 1. The monoisotopic (exact) mass is 284 g/mol. The third-order valence-corrected chi connectivity index (χ3v) is 4.26. The minimum Gasteiger partial charge on any atom is -0.290 e. The molecule has 1 nitrogen and oxygen atoms in total. The Kier molecular flexibility index (Phi) is 6.48. The van der Waals surface area contributed by atoms with Crippen LogP contribution < -0.4 is 0 Å². The van der Waals surface area contributed by atoms with Crippen molar-refractivity contribution < 1.29 is 4.79 Å². The normalized spacial score (nSPS) is 10.5. The molecule has 0 saturated carbocycles. The van der Waals surface area contributed by atoms with E-state index in [1.165, 1.54) is 0 Å². The molecule has 0 aromatic heterocycles. The van der Waals surface area contributed by atoms with E-state index < -0.39 is 0 Å². The van der Waals surface area contributed by atoms with Gasteiger partial charge in [-0.15, -0.1) is 23.5 Å². The Morgan fingerprint density at radius 3 is 2.29 bits per heavy atom. The van der Waals surface area contributed by atoms with Gasteiger partial charge in [-0.05, 0) is 36.3 Å². The average molecular weight is 285 g/mol.